The number of methoxy groups -OCH3 is 1. The molecule has 0 fully saturated rings. The fraction of sp³-hybridized carbons (Fsp3) is 0.250. The Morgan fingerprint density at radius 2 is 1.90 bits per heavy atom. The van der Waals surface area contributed by atoms with Crippen LogP contribution in [0.1, 0.15) is 17.2 Å². The van der Waals surface area contributed by atoms with E-state index in [1.807, 2.05) is 49.5 Å². The minimum absolute atomic E-state index is 0.0866. The van der Waals surface area contributed by atoms with Crippen LogP contribution in [0.4, 0.5) is 0 Å². The van der Waals surface area contributed by atoms with E-state index in [1.54, 1.807) is 7.11 Å². The molecular formula is C16H17Cl2NO. The lowest BCUT2D eigenvalue weighted by Gasteiger charge is -2.20. The minimum atomic E-state index is 0.0866. The van der Waals surface area contributed by atoms with Gasteiger partial charge in [0.1, 0.15) is 5.75 Å². The first kappa shape index (κ1) is 15.2. The van der Waals surface area contributed by atoms with Crippen LogP contribution < -0.4 is 10.1 Å². The van der Waals surface area contributed by atoms with Gasteiger partial charge >= 0.3 is 0 Å². The van der Waals surface area contributed by atoms with E-state index < -0.39 is 0 Å². The highest BCUT2D eigenvalue weighted by molar-refractivity contribution is 6.31. The van der Waals surface area contributed by atoms with E-state index in [-0.39, 0.29) is 6.04 Å². The molecule has 2 nitrogen and oxygen atoms in total. The van der Waals surface area contributed by atoms with Crippen LogP contribution in [0.15, 0.2) is 42.5 Å². The van der Waals surface area contributed by atoms with E-state index >= 15 is 0 Å². The molecule has 106 valence electrons. The van der Waals surface area contributed by atoms with E-state index in [0.29, 0.717) is 5.02 Å². The van der Waals surface area contributed by atoms with Crippen LogP contribution in [-0.2, 0) is 6.42 Å². The summed E-state index contributed by atoms with van der Waals surface area (Å²) in [6.07, 6.45) is 0.771. The van der Waals surface area contributed by atoms with Crippen molar-refractivity contribution in [2.45, 2.75) is 12.5 Å². The van der Waals surface area contributed by atoms with Crippen molar-refractivity contribution in [2.75, 3.05) is 14.2 Å². The van der Waals surface area contributed by atoms with Gasteiger partial charge in [0, 0.05) is 21.7 Å². The van der Waals surface area contributed by atoms with Gasteiger partial charge in [0.2, 0.25) is 0 Å². The zero-order valence-corrected chi connectivity index (χ0v) is 13.0. The van der Waals surface area contributed by atoms with Gasteiger partial charge in [0.15, 0.2) is 0 Å². The fourth-order valence-electron chi connectivity index (χ4n) is 2.23. The summed E-state index contributed by atoms with van der Waals surface area (Å²) in [6.45, 7) is 0. The second-order valence-corrected chi connectivity index (χ2v) is 5.37. The second-order valence-electron chi connectivity index (χ2n) is 4.52. The quantitative estimate of drug-likeness (QED) is 0.877. The molecule has 0 heterocycles. The molecule has 0 radical (unpaired) electrons. The van der Waals surface area contributed by atoms with Crippen molar-refractivity contribution in [3.05, 3.63) is 63.6 Å². The van der Waals surface area contributed by atoms with Gasteiger partial charge in [-0.2, -0.15) is 0 Å². The molecule has 0 spiro atoms. The van der Waals surface area contributed by atoms with Crippen molar-refractivity contribution in [3.63, 3.8) is 0 Å². The van der Waals surface area contributed by atoms with Crippen LogP contribution in [0.2, 0.25) is 10.0 Å². The van der Waals surface area contributed by atoms with Crippen LogP contribution in [0.3, 0.4) is 0 Å². The molecule has 0 bridgehead atoms. The lowest BCUT2D eigenvalue weighted by molar-refractivity contribution is 0.401. The maximum Gasteiger partial charge on any atom is 0.123 e. The third-order valence-corrected chi connectivity index (χ3v) is 3.90. The summed E-state index contributed by atoms with van der Waals surface area (Å²) in [6, 6.07) is 13.6. The Bertz CT molecular complexity index is 586. The van der Waals surface area contributed by atoms with Crippen molar-refractivity contribution in [1.29, 1.82) is 0 Å². The molecule has 0 aromatic heterocycles. The molecule has 1 N–H and O–H groups in total. The van der Waals surface area contributed by atoms with Crippen molar-refractivity contribution >= 4 is 23.2 Å². The van der Waals surface area contributed by atoms with Crippen LogP contribution >= 0.6 is 23.2 Å². The number of likely N-dealkylation sites (N-methyl/N-ethyl adjacent to an activating group) is 1. The largest absolute Gasteiger partial charge is 0.496 e. The van der Waals surface area contributed by atoms with Gasteiger partial charge in [0.25, 0.3) is 0 Å². The molecule has 0 saturated heterocycles. The Morgan fingerprint density at radius 3 is 2.55 bits per heavy atom. The fourth-order valence-corrected chi connectivity index (χ4v) is 2.62. The summed E-state index contributed by atoms with van der Waals surface area (Å²) >= 11 is 12.3. The number of benzene rings is 2. The van der Waals surface area contributed by atoms with Crippen molar-refractivity contribution < 1.29 is 4.74 Å². The van der Waals surface area contributed by atoms with Crippen LogP contribution in [0.5, 0.6) is 5.75 Å². The zero-order chi connectivity index (χ0) is 14.5. The molecule has 1 unspecified atom stereocenters. The molecule has 0 aliphatic rings. The highest BCUT2D eigenvalue weighted by Gasteiger charge is 2.16. The first-order chi connectivity index (χ1) is 9.65. The predicted molar refractivity (Wildman–Crippen MR) is 85.0 cm³/mol. The zero-order valence-electron chi connectivity index (χ0n) is 11.5. The summed E-state index contributed by atoms with van der Waals surface area (Å²) in [4.78, 5) is 0. The summed E-state index contributed by atoms with van der Waals surface area (Å²) in [7, 11) is 3.58. The van der Waals surface area contributed by atoms with E-state index in [4.69, 9.17) is 27.9 Å². The molecule has 2 aromatic carbocycles. The van der Waals surface area contributed by atoms with E-state index in [0.717, 1.165) is 28.3 Å². The summed E-state index contributed by atoms with van der Waals surface area (Å²) in [5.74, 6) is 0.820. The average Bonchev–Trinajstić information content (AvgIpc) is 2.46. The molecule has 4 heteroatoms. The molecule has 2 rings (SSSR count). The molecular weight excluding hydrogens is 293 g/mol. The van der Waals surface area contributed by atoms with Crippen molar-refractivity contribution in [1.82, 2.24) is 5.32 Å². The molecule has 1 atom stereocenters. The smallest absolute Gasteiger partial charge is 0.123 e. The average molecular weight is 310 g/mol. The van der Waals surface area contributed by atoms with E-state index in [9.17, 15) is 0 Å². The van der Waals surface area contributed by atoms with Gasteiger partial charge in [-0.25, -0.2) is 0 Å². The first-order valence-electron chi connectivity index (χ1n) is 6.39. The molecule has 20 heavy (non-hydrogen) atoms. The van der Waals surface area contributed by atoms with Gasteiger partial charge in [-0.15, -0.1) is 0 Å². The Balaban J connectivity index is 2.33. The lowest BCUT2D eigenvalue weighted by Crippen LogP contribution is -2.19. The van der Waals surface area contributed by atoms with Gasteiger partial charge in [-0.1, -0.05) is 41.4 Å². The standard InChI is InChI=1S/C16H17Cl2NO/c1-19-15(9-11-5-3-4-6-14(11)18)13-10-12(17)7-8-16(13)20-2/h3-8,10,15,19H,9H2,1-2H3. The maximum absolute atomic E-state index is 6.23. The SMILES string of the molecule is CNC(Cc1ccccc1Cl)c1cc(Cl)ccc1OC. The third kappa shape index (κ3) is 3.45. The number of ether oxygens (including phenoxy) is 1. The van der Waals surface area contributed by atoms with Crippen LogP contribution in [0, 0.1) is 0 Å². The monoisotopic (exact) mass is 309 g/mol. The van der Waals surface area contributed by atoms with Crippen LogP contribution in [-0.4, -0.2) is 14.2 Å². The number of nitrogens with one attached hydrogen (secondary N) is 1. The van der Waals surface area contributed by atoms with Crippen molar-refractivity contribution in [3.8, 4) is 5.75 Å². The Morgan fingerprint density at radius 1 is 1.15 bits per heavy atom. The molecule has 0 aliphatic heterocycles. The third-order valence-electron chi connectivity index (χ3n) is 3.30. The van der Waals surface area contributed by atoms with E-state index in [1.165, 1.54) is 0 Å². The van der Waals surface area contributed by atoms with Gasteiger partial charge < -0.3 is 10.1 Å². The predicted octanol–water partition coefficient (Wildman–Crippen LogP) is 4.51. The second kappa shape index (κ2) is 6.98. The summed E-state index contributed by atoms with van der Waals surface area (Å²) < 4.78 is 5.42. The number of hydrogen-bond acceptors (Lipinski definition) is 2. The van der Waals surface area contributed by atoms with Crippen molar-refractivity contribution in [2.24, 2.45) is 0 Å². The number of hydrogen-bond donors (Lipinski definition) is 1. The normalized spacial score (nSPS) is 12.2. The highest BCUT2D eigenvalue weighted by Crippen LogP contribution is 2.31. The first-order valence-corrected chi connectivity index (χ1v) is 7.15. The molecule has 2 aromatic rings. The van der Waals surface area contributed by atoms with Crippen LogP contribution in [0.25, 0.3) is 0 Å². The lowest BCUT2D eigenvalue weighted by atomic mass is 9.98. The Kier molecular flexibility index (Phi) is 5.30. The summed E-state index contributed by atoms with van der Waals surface area (Å²) in [5, 5.41) is 4.77. The van der Waals surface area contributed by atoms with E-state index in [2.05, 4.69) is 5.32 Å². The Hall–Kier alpha value is -1.22. The number of rotatable bonds is 5. The summed E-state index contributed by atoms with van der Waals surface area (Å²) in [5.41, 5.74) is 2.12. The minimum Gasteiger partial charge on any atom is -0.496 e. The molecule has 0 amide bonds. The van der Waals surface area contributed by atoms with Gasteiger partial charge in [-0.05, 0) is 43.3 Å². The van der Waals surface area contributed by atoms with Gasteiger partial charge in [-0.3, -0.25) is 0 Å². The maximum atomic E-state index is 6.23. The Labute approximate surface area is 129 Å². The highest BCUT2D eigenvalue weighted by atomic mass is 35.5. The topological polar surface area (TPSA) is 21.3 Å². The molecule has 0 aliphatic carbocycles. The van der Waals surface area contributed by atoms with Gasteiger partial charge in [0.05, 0.1) is 7.11 Å². The molecule has 0 saturated carbocycles. The number of halogens is 2.